The maximum atomic E-state index is 12.6. The molecule has 1 aromatic heterocycles. The fourth-order valence-electron chi connectivity index (χ4n) is 2.46. The number of carbonyl (C=O) groups excluding carboxylic acids is 1. The number of likely N-dealkylation sites (tertiary alicyclic amines) is 1. The zero-order valence-corrected chi connectivity index (χ0v) is 11.1. The van der Waals surface area contributed by atoms with E-state index in [-0.39, 0.29) is 5.91 Å². The number of pyridine rings is 1. The number of hydrogen-bond acceptors (Lipinski definition) is 3. The van der Waals surface area contributed by atoms with E-state index < -0.39 is 0 Å². The molecule has 1 atom stereocenters. The van der Waals surface area contributed by atoms with Gasteiger partial charge in [0, 0.05) is 31.5 Å². The van der Waals surface area contributed by atoms with Crippen LogP contribution in [-0.2, 0) is 0 Å². The second-order valence-electron chi connectivity index (χ2n) is 4.79. The highest BCUT2D eigenvalue weighted by Gasteiger charge is 2.25. The van der Waals surface area contributed by atoms with E-state index in [0.717, 1.165) is 31.6 Å². The molecule has 0 bridgehead atoms. The maximum absolute atomic E-state index is 12.6. The molecular formula is C14H21N3O. The SMILES string of the molecule is CCNc1ccncc1C(=O)N1CCCCC1C. The lowest BCUT2D eigenvalue weighted by Crippen LogP contribution is -2.42. The first-order valence-corrected chi connectivity index (χ1v) is 6.73. The number of amides is 1. The summed E-state index contributed by atoms with van der Waals surface area (Å²) in [5, 5.41) is 3.22. The lowest BCUT2D eigenvalue weighted by molar-refractivity contribution is 0.0636. The van der Waals surface area contributed by atoms with E-state index in [9.17, 15) is 4.79 Å². The van der Waals surface area contributed by atoms with Gasteiger partial charge in [0.25, 0.3) is 5.91 Å². The second kappa shape index (κ2) is 5.85. The number of hydrogen-bond donors (Lipinski definition) is 1. The number of rotatable bonds is 3. The zero-order valence-electron chi connectivity index (χ0n) is 11.1. The first-order valence-electron chi connectivity index (χ1n) is 6.73. The Morgan fingerprint density at radius 3 is 3.11 bits per heavy atom. The summed E-state index contributed by atoms with van der Waals surface area (Å²) in [6.45, 7) is 5.82. The molecule has 1 fully saturated rings. The average Bonchev–Trinajstić information content (AvgIpc) is 2.40. The summed E-state index contributed by atoms with van der Waals surface area (Å²) in [7, 11) is 0. The van der Waals surface area contributed by atoms with E-state index in [1.54, 1.807) is 12.4 Å². The van der Waals surface area contributed by atoms with Crippen molar-refractivity contribution >= 4 is 11.6 Å². The van der Waals surface area contributed by atoms with E-state index in [1.165, 1.54) is 6.42 Å². The van der Waals surface area contributed by atoms with E-state index in [2.05, 4.69) is 17.2 Å². The zero-order chi connectivity index (χ0) is 13.0. The van der Waals surface area contributed by atoms with Crippen molar-refractivity contribution in [1.29, 1.82) is 0 Å². The fraction of sp³-hybridized carbons (Fsp3) is 0.571. The van der Waals surface area contributed by atoms with Crippen LogP contribution in [-0.4, -0.2) is 34.9 Å². The first-order chi connectivity index (χ1) is 8.74. The maximum Gasteiger partial charge on any atom is 0.257 e. The smallest absolute Gasteiger partial charge is 0.257 e. The fourth-order valence-corrected chi connectivity index (χ4v) is 2.46. The van der Waals surface area contributed by atoms with Crippen molar-refractivity contribution in [3.05, 3.63) is 24.0 Å². The van der Waals surface area contributed by atoms with Crippen molar-refractivity contribution in [2.45, 2.75) is 39.2 Å². The van der Waals surface area contributed by atoms with Gasteiger partial charge in [0.2, 0.25) is 0 Å². The van der Waals surface area contributed by atoms with Crippen LogP contribution in [0.2, 0.25) is 0 Å². The molecule has 4 nitrogen and oxygen atoms in total. The minimum atomic E-state index is 0.103. The molecule has 0 saturated carbocycles. The third-order valence-electron chi connectivity index (χ3n) is 3.48. The molecular weight excluding hydrogens is 226 g/mol. The van der Waals surface area contributed by atoms with Crippen molar-refractivity contribution in [3.63, 3.8) is 0 Å². The molecule has 1 amide bonds. The monoisotopic (exact) mass is 247 g/mol. The molecule has 1 saturated heterocycles. The largest absolute Gasteiger partial charge is 0.385 e. The Labute approximate surface area is 108 Å². The molecule has 0 aliphatic carbocycles. The predicted molar refractivity (Wildman–Crippen MR) is 72.8 cm³/mol. The van der Waals surface area contributed by atoms with Crippen LogP contribution in [0, 0.1) is 0 Å². The quantitative estimate of drug-likeness (QED) is 0.892. The van der Waals surface area contributed by atoms with Gasteiger partial charge >= 0.3 is 0 Å². The molecule has 0 aromatic carbocycles. The molecule has 1 aliphatic heterocycles. The van der Waals surface area contributed by atoms with Crippen LogP contribution in [0.1, 0.15) is 43.5 Å². The Hall–Kier alpha value is -1.58. The van der Waals surface area contributed by atoms with Gasteiger partial charge in [0.1, 0.15) is 0 Å². The van der Waals surface area contributed by atoms with E-state index >= 15 is 0 Å². The van der Waals surface area contributed by atoms with Crippen LogP contribution in [0.25, 0.3) is 0 Å². The van der Waals surface area contributed by atoms with Crippen LogP contribution in [0.3, 0.4) is 0 Å². The van der Waals surface area contributed by atoms with Gasteiger partial charge < -0.3 is 10.2 Å². The van der Waals surface area contributed by atoms with Crippen molar-refractivity contribution in [2.24, 2.45) is 0 Å². The van der Waals surface area contributed by atoms with Crippen LogP contribution in [0.4, 0.5) is 5.69 Å². The summed E-state index contributed by atoms with van der Waals surface area (Å²) in [5.41, 5.74) is 1.57. The molecule has 98 valence electrons. The summed E-state index contributed by atoms with van der Waals surface area (Å²) in [6, 6.07) is 2.20. The second-order valence-corrected chi connectivity index (χ2v) is 4.79. The summed E-state index contributed by atoms with van der Waals surface area (Å²) in [4.78, 5) is 18.6. The molecule has 2 rings (SSSR count). The molecule has 18 heavy (non-hydrogen) atoms. The number of aromatic nitrogens is 1. The topological polar surface area (TPSA) is 45.2 Å². The number of carbonyl (C=O) groups is 1. The van der Waals surface area contributed by atoms with Gasteiger partial charge in [0.15, 0.2) is 0 Å². The third kappa shape index (κ3) is 2.63. The van der Waals surface area contributed by atoms with Gasteiger partial charge in [-0.3, -0.25) is 9.78 Å². The van der Waals surface area contributed by atoms with Crippen LogP contribution < -0.4 is 5.32 Å². The van der Waals surface area contributed by atoms with Gasteiger partial charge in [-0.15, -0.1) is 0 Å². The van der Waals surface area contributed by atoms with Crippen molar-refractivity contribution < 1.29 is 4.79 Å². The Morgan fingerprint density at radius 2 is 2.39 bits per heavy atom. The number of anilines is 1. The van der Waals surface area contributed by atoms with Crippen molar-refractivity contribution in [2.75, 3.05) is 18.4 Å². The van der Waals surface area contributed by atoms with Gasteiger partial charge in [-0.25, -0.2) is 0 Å². The van der Waals surface area contributed by atoms with Crippen molar-refractivity contribution in [3.8, 4) is 0 Å². The highest BCUT2D eigenvalue weighted by molar-refractivity contribution is 5.99. The minimum Gasteiger partial charge on any atom is -0.385 e. The van der Waals surface area contributed by atoms with Gasteiger partial charge in [-0.1, -0.05) is 0 Å². The predicted octanol–water partition coefficient (Wildman–Crippen LogP) is 2.53. The molecule has 4 heteroatoms. The Morgan fingerprint density at radius 1 is 1.56 bits per heavy atom. The third-order valence-corrected chi connectivity index (χ3v) is 3.48. The summed E-state index contributed by atoms with van der Waals surface area (Å²) in [6.07, 6.45) is 6.81. The summed E-state index contributed by atoms with van der Waals surface area (Å²) < 4.78 is 0. The highest BCUT2D eigenvalue weighted by atomic mass is 16.2. The molecule has 0 radical (unpaired) electrons. The van der Waals surface area contributed by atoms with E-state index in [0.29, 0.717) is 11.6 Å². The Bertz CT molecular complexity index is 419. The average molecular weight is 247 g/mol. The Kier molecular flexibility index (Phi) is 4.18. The molecule has 1 aliphatic rings. The Balaban J connectivity index is 2.22. The normalized spacial score (nSPS) is 19.7. The minimum absolute atomic E-state index is 0.103. The summed E-state index contributed by atoms with van der Waals surface area (Å²) in [5.74, 6) is 0.103. The molecule has 1 unspecified atom stereocenters. The van der Waals surface area contributed by atoms with Gasteiger partial charge in [-0.05, 0) is 39.2 Å². The molecule has 1 N–H and O–H groups in total. The molecule has 2 heterocycles. The highest BCUT2D eigenvalue weighted by Crippen LogP contribution is 2.22. The van der Waals surface area contributed by atoms with Crippen molar-refractivity contribution in [1.82, 2.24) is 9.88 Å². The lowest BCUT2D eigenvalue weighted by Gasteiger charge is -2.33. The van der Waals surface area contributed by atoms with Gasteiger partial charge in [-0.2, -0.15) is 0 Å². The van der Waals surface area contributed by atoms with Crippen LogP contribution >= 0.6 is 0 Å². The first kappa shape index (κ1) is 12.9. The molecule has 0 spiro atoms. The van der Waals surface area contributed by atoms with E-state index in [1.807, 2.05) is 17.9 Å². The van der Waals surface area contributed by atoms with Crippen LogP contribution in [0.5, 0.6) is 0 Å². The summed E-state index contributed by atoms with van der Waals surface area (Å²) >= 11 is 0. The number of nitrogens with one attached hydrogen (secondary N) is 1. The standard InChI is InChI=1S/C14H21N3O/c1-3-16-13-7-8-15-10-12(13)14(18)17-9-5-4-6-11(17)2/h7-8,10-11H,3-6,9H2,1-2H3,(H,15,16). The lowest BCUT2D eigenvalue weighted by atomic mass is 10.0. The molecule has 1 aromatic rings. The van der Waals surface area contributed by atoms with Crippen LogP contribution in [0.15, 0.2) is 18.5 Å². The number of nitrogens with zero attached hydrogens (tertiary/aromatic N) is 2. The number of piperidine rings is 1. The van der Waals surface area contributed by atoms with Gasteiger partial charge in [0.05, 0.1) is 11.3 Å². The van der Waals surface area contributed by atoms with E-state index in [4.69, 9.17) is 0 Å².